The molecule has 1 atom stereocenters. The Morgan fingerprint density at radius 1 is 1.29 bits per heavy atom. The molecule has 8 nitrogen and oxygen atoms in total. The van der Waals surface area contributed by atoms with Gasteiger partial charge in [0.2, 0.25) is 5.91 Å². The fourth-order valence-electron chi connectivity index (χ4n) is 3.85. The van der Waals surface area contributed by atoms with Gasteiger partial charge in [0.1, 0.15) is 5.82 Å². The highest BCUT2D eigenvalue weighted by molar-refractivity contribution is 6.35. The normalized spacial score (nSPS) is 17.3. The fourth-order valence-corrected chi connectivity index (χ4v) is 4.32. The van der Waals surface area contributed by atoms with E-state index in [4.69, 9.17) is 28.2 Å². The van der Waals surface area contributed by atoms with E-state index in [2.05, 4.69) is 15.3 Å². The van der Waals surface area contributed by atoms with Crippen LogP contribution in [0.25, 0.3) is 11.2 Å². The second kappa shape index (κ2) is 8.24. The first-order valence-electron chi connectivity index (χ1n) is 10.2. The van der Waals surface area contributed by atoms with E-state index in [0.29, 0.717) is 41.2 Å². The molecule has 1 fully saturated rings. The minimum absolute atomic E-state index is 0.0559. The molecule has 0 radical (unpaired) electrons. The molecule has 1 aromatic carbocycles. The molecule has 0 bridgehead atoms. The van der Waals surface area contributed by atoms with Crippen LogP contribution in [0.15, 0.2) is 23.0 Å². The first-order valence-corrected chi connectivity index (χ1v) is 11.0. The van der Waals surface area contributed by atoms with Gasteiger partial charge >= 0.3 is 0 Å². The van der Waals surface area contributed by atoms with Crippen LogP contribution in [0.5, 0.6) is 0 Å². The van der Waals surface area contributed by atoms with E-state index >= 15 is 0 Å². The quantitative estimate of drug-likeness (QED) is 0.640. The maximum absolute atomic E-state index is 12.7. The van der Waals surface area contributed by atoms with Gasteiger partial charge in [-0.05, 0) is 30.5 Å². The van der Waals surface area contributed by atoms with Crippen molar-refractivity contribution < 1.29 is 4.79 Å². The van der Waals surface area contributed by atoms with Crippen LogP contribution in [0.1, 0.15) is 50.9 Å². The highest BCUT2D eigenvalue weighted by atomic mass is 35.5. The van der Waals surface area contributed by atoms with Gasteiger partial charge in [0, 0.05) is 34.5 Å². The average Bonchev–Trinajstić information content (AvgIpc) is 3.12. The number of carbonyl (C=O) groups is 1. The van der Waals surface area contributed by atoms with Gasteiger partial charge in [0.15, 0.2) is 11.2 Å². The van der Waals surface area contributed by atoms with Crippen molar-refractivity contribution in [3.8, 4) is 0 Å². The minimum Gasteiger partial charge on any atom is -0.342 e. The smallest absolute Gasteiger partial charge is 0.281 e. The van der Waals surface area contributed by atoms with Crippen molar-refractivity contribution in [3.63, 3.8) is 0 Å². The predicted octanol–water partition coefficient (Wildman–Crippen LogP) is 3.62. The number of carbonyl (C=O) groups excluding carboxylic acids is 1. The number of aromatic nitrogens is 5. The average molecular weight is 463 g/mol. The largest absolute Gasteiger partial charge is 0.342 e. The summed E-state index contributed by atoms with van der Waals surface area (Å²) in [7, 11) is 0. The molecule has 1 aliphatic heterocycles. The summed E-state index contributed by atoms with van der Waals surface area (Å²) in [5, 5.41) is 9.15. The summed E-state index contributed by atoms with van der Waals surface area (Å²) in [6.45, 7) is 7.29. The van der Waals surface area contributed by atoms with Crippen molar-refractivity contribution in [2.75, 3.05) is 13.1 Å². The monoisotopic (exact) mass is 462 g/mol. The van der Waals surface area contributed by atoms with Gasteiger partial charge in [-0.3, -0.25) is 9.59 Å². The molecule has 3 aromatic rings. The molecule has 1 saturated heterocycles. The summed E-state index contributed by atoms with van der Waals surface area (Å²) in [6.07, 6.45) is 1.69. The third-order valence-electron chi connectivity index (χ3n) is 5.46. The lowest BCUT2D eigenvalue weighted by atomic mass is 9.91. The third kappa shape index (κ3) is 4.45. The van der Waals surface area contributed by atoms with Crippen molar-refractivity contribution in [1.82, 2.24) is 29.9 Å². The Labute approximate surface area is 189 Å². The van der Waals surface area contributed by atoms with Crippen molar-refractivity contribution in [1.29, 1.82) is 0 Å². The number of fused-ring (bicyclic) bond motifs is 1. The number of nitrogens with one attached hydrogen (secondary N) is 1. The number of piperidine rings is 1. The molecule has 31 heavy (non-hydrogen) atoms. The highest BCUT2D eigenvalue weighted by Gasteiger charge is 2.32. The van der Waals surface area contributed by atoms with Gasteiger partial charge in [-0.1, -0.05) is 55.3 Å². The van der Waals surface area contributed by atoms with Crippen LogP contribution in [0.4, 0.5) is 0 Å². The number of hydrogen-bond donors (Lipinski definition) is 1. The van der Waals surface area contributed by atoms with Crippen LogP contribution >= 0.6 is 23.2 Å². The summed E-state index contributed by atoms with van der Waals surface area (Å²) >= 11 is 12.3. The number of benzene rings is 1. The van der Waals surface area contributed by atoms with Gasteiger partial charge in [0.05, 0.1) is 6.54 Å². The number of H-pyrrole nitrogens is 1. The van der Waals surface area contributed by atoms with Crippen molar-refractivity contribution in [3.05, 3.63) is 50.0 Å². The number of halogens is 2. The Bertz CT molecular complexity index is 1200. The maximum Gasteiger partial charge on any atom is 0.281 e. The Kier molecular flexibility index (Phi) is 5.79. The molecule has 1 N–H and O–H groups in total. The van der Waals surface area contributed by atoms with E-state index in [9.17, 15) is 9.59 Å². The molecule has 164 valence electrons. The topological polar surface area (TPSA) is 96.8 Å². The van der Waals surface area contributed by atoms with Crippen LogP contribution in [-0.4, -0.2) is 48.9 Å². The molecule has 0 spiro atoms. The number of rotatable bonds is 3. The Morgan fingerprint density at radius 3 is 2.77 bits per heavy atom. The lowest BCUT2D eigenvalue weighted by Gasteiger charge is -2.36. The van der Waals surface area contributed by atoms with Crippen LogP contribution in [0, 0.1) is 5.41 Å². The number of hydrogen-bond acceptors (Lipinski definition) is 5. The lowest BCUT2D eigenvalue weighted by Crippen LogP contribution is -2.45. The molecule has 2 aromatic heterocycles. The summed E-state index contributed by atoms with van der Waals surface area (Å²) in [4.78, 5) is 34.8. The van der Waals surface area contributed by atoms with Gasteiger partial charge in [-0.2, -0.15) is 0 Å². The molecule has 0 aliphatic carbocycles. The second-order valence-corrected chi connectivity index (χ2v) is 9.79. The summed E-state index contributed by atoms with van der Waals surface area (Å²) in [6, 6.07) is 5.21. The lowest BCUT2D eigenvalue weighted by molar-refractivity contribution is -0.140. The Hall–Kier alpha value is -2.45. The molecule has 10 heteroatoms. The number of amides is 1. The molecule has 1 aliphatic rings. The van der Waals surface area contributed by atoms with Crippen molar-refractivity contribution in [2.45, 2.75) is 46.1 Å². The standard InChI is InChI=1S/C21H24Cl2N6O2/c1-21(2,3)20(31)28-8-4-5-13(10-28)17-24-18-16(19(30)25-17)26-27-29(18)11-12-6-7-14(22)9-15(12)23/h6-7,9,13H,4-5,8,10-11H2,1-3H3,(H,24,25,30). The van der Waals surface area contributed by atoms with E-state index < -0.39 is 5.41 Å². The molecule has 3 heterocycles. The summed E-state index contributed by atoms with van der Waals surface area (Å²) in [5.41, 5.74) is 0.567. The fraction of sp³-hybridized carbons (Fsp3) is 0.476. The molecule has 1 amide bonds. The molecular weight excluding hydrogens is 439 g/mol. The summed E-state index contributed by atoms with van der Waals surface area (Å²) in [5.74, 6) is 0.596. The first-order chi connectivity index (χ1) is 14.6. The van der Waals surface area contributed by atoms with Crippen molar-refractivity contribution in [2.24, 2.45) is 5.41 Å². The highest BCUT2D eigenvalue weighted by Crippen LogP contribution is 2.28. The zero-order valence-corrected chi connectivity index (χ0v) is 19.2. The van der Waals surface area contributed by atoms with Crippen molar-refractivity contribution >= 4 is 40.3 Å². The van der Waals surface area contributed by atoms with E-state index in [-0.39, 0.29) is 22.9 Å². The van der Waals surface area contributed by atoms with Crippen LogP contribution in [0.2, 0.25) is 10.0 Å². The molecular formula is C21H24Cl2N6O2. The number of nitrogens with zero attached hydrogens (tertiary/aromatic N) is 5. The number of aromatic amines is 1. The zero-order valence-electron chi connectivity index (χ0n) is 17.7. The van der Waals surface area contributed by atoms with Gasteiger partial charge in [-0.25, -0.2) is 9.67 Å². The van der Waals surface area contributed by atoms with Crippen LogP contribution < -0.4 is 5.56 Å². The van der Waals surface area contributed by atoms with Gasteiger partial charge in [0.25, 0.3) is 5.56 Å². The Balaban J connectivity index is 1.66. The van der Waals surface area contributed by atoms with E-state index in [0.717, 1.165) is 18.4 Å². The molecule has 0 saturated carbocycles. The minimum atomic E-state index is -0.451. The predicted molar refractivity (Wildman–Crippen MR) is 120 cm³/mol. The number of likely N-dealkylation sites (tertiary alicyclic amines) is 1. The Morgan fingerprint density at radius 2 is 2.06 bits per heavy atom. The zero-order chi connectivity index (χ0) is 22.3. The van der Waals surface area contributed by atoms with E-state index in [1.165, 1.54) is 0 Å². The second-order valence-electron chi connectivity index (χ2n) is 8.95. The maximum atomic E-state index is 12.7. The summed E-state index contributed by atoms with van der Waals surface area (Å²) < 4.78 is 1.56. The van der Waals surface area contributed by atoms with Gasteiger partial charge < -0.3 is 9.88 Å². The van der Waals surface area contributed by atoms with Crippen LogP contribution in [-0.2, 0) is 11.3 Å². The SMILES string of the molecule is CC(C)(C)C(=O)N1CCCC(c2nc3c(nnn3Cc3ccc(Cl)cc3Cl)c(=O)[nH]2)C1. The van der Waals surface area contributed by atoms with E-state index in [1.54, 1.807) is 16.8 Å². The first kappa shape index (κ1) is 21.8. The molecule has 1 unspecified atom stereocenters. The van der Waals surface area contributed by atoms with Crippen LogP contribution in [0.3, 0.4) is 0 Å². The third-order valence-corrected chi connectivity index (χ3v) is 6.05. The molecule has 4 rings (SSSR count). The van der Waals surface area contributed by atoms with Gasteiger partial charge in [-0.15, -0.1) is 5.10 Å². The van der Waals surface area contributed by atoms with E-state index in [1.807, 2.05) is 31.7 Å².